The molecule has 1 fully saturated rings. The SMILES string of the molecule is COC(=O)NCC(=O)N1CCC([C@H](O)Cc2ccccc2)CC1. The Labute approximate surface area is 136 Å². The van der Waals surface area contributed by atoms with E-state index in [1.165, 1.54) is 7.11 Å². The van der Waals surface area contributed by atoms with Gasteiger partial charge < -0.3 is 20.1 Å². The Kier molecular flexibility index (Phi) is 6.40. The van der Waals surface area contributed by atoms with E-state index in [9.17, 15) is 14.7 Å². The lowest BCUT2D eigenvalue weighted by atomic mass is 9.88. The molecule has 0 unspecified atom stereocenters. The van der Waals surface area contributed by atoms with Crippen molar-refractivity contribution >= 4 is 12.0 Å². The van der Waals surface area contributed by atoms with Crippen LogP contribution >= 0.6 is 0 Å². The van der Waals surface area contributed by atoms with Crippen molar-refractivity contribution in [3.63, 3.8) is 0 Å². The van der Waals surface area contributed by atoms with Crippen LogP contribution in [0.4, 0.5) is 4.79 Å². The molecule has 1 heterocycles. The van der Waals surface area contributed by atoms with Gasteiger partial charge in [-0.25, -0.2) is 4.79 Å². The minimum atomic E-state index is -0.605. The number of nitrogens with one attached hydrogen (secondary N) is 1. The first-order chi connectivity index (χ1) is 11.1. The van der Waals surface area contributed by atoms with Gasteiger partial charge in [-0.05, 0) is 30.7 Å². The molecule has 2 rings (SSSR count). The summed E-state index contributed by atoms with van der Waals surface area (Å²) < 4.78 is 4.44. The second-order valence-electron chi connectivity index (χ2n) is 5.82. The number of carbonyl (C=O) groups is 2. The van der Waals surface area contributed by atoms with Crippen molar-refractivity contribution in [2.24, 2.45) is 5.92 Å². The smallest absolute Gasteiger partial charge is 0.407 e. The zero-order valence-corrected chi connectivity index (χ0v) is 13.4. The van der Waals surface area contributed by atoms with E-state index >= 15 is 0 Å². The Bertz CT molecular complexity index is 513. The number of nitrogens with zero attached hydrogens (tertiary/aromatic N) is 1. The summed E-state index contributed by atoms with van der Waals surface area (Å²) in [6.07, 6.45) is 1.20. The molecule has 1 aliphatic rings. The maximum absolute atomic E-state index is 12.0. The summed E-state index contributed by atoms with van der Waals surface area (Å²) in [7, 11) is 1.26. The largest absolute Gasteiger partial charge is 0.453 e. The lowest BCUT2D eigenvalue weighted by Crippen LogP contribution is -2.45. The van der Waals surface area contributed by atoms with E-state index in [2.05, 4.69) is 10.1 Å². The third kappa shape index (κ3) is 5.25. The first kappa shape index (κ1) is 17.3. The van der Waals surface area contributed by atoms with Crippen LogP contribution in [0.2, 0.25) is 0 Å². The van der Waals surface area contributed by atoms with E-state index in [0.29, 0.717) is 19.5 Å². The van der Waals surface area contributed by atoms with Gasteiger partial charge in [0.1, 0.15) is 6.54 Å². The third-order valence-corrected chi connectivity index (χ3v) is 4.29. The monoisotopic (exact) mass is 320 g/mol. The molecule has 1 atom stereocenters. The molecule has 1 aromatic rings. The number of likely N-dealkylation sites (tertiary alicyclic amines) is 1. The van der Waals surface area contributed by atoms with Gasteiger partial charge in [-0.15, -0.1) is 0 Å². The molecule has 23 heavy (non-hydrogen) atoms. The molecule has 0 aromatic heterocycles. The summed E-state index contributed by atoms with van der Waals surface area (Å²) in [5, 5.41) is 12.8. The average molecular weight is 320 g/mol. The van der Waals surface area contributed by atoms with Gasteiger partial charge in [-0.2, -0.15) is 0 Å². The molecule has 0 saturated carbocycles. The normalized spacial score (nSPS) is 16.7. The van der Waals surface area contributed by atoms with Crippen LogP contribution in [0.3, 0.4) is 0 Å². The highest BCUT2D eigenvalue weighted by Gasteiger charge is 2.27. The summed E-state index contributed by atoms with van der Waals surface area (Å²) in [6.45, 7) is 1.17. The van der Waals surface area contributed by atoms with Crippen molar-refractivity contribution < 1.29 is 19.4 Å². The minimum Gasteiger partial charge on any atom is -0.453 e. The van der Waals surface area contributed by atoms with Gasteiger partial charge in [0.25, 0.3) is 0 Å². The lowest BCUT2D eigenvalue weighted by molar-refractivity contribution is -0.132. The molecule has 6 nitrogen and oxygen atoms in total. The van der Waals surface area contributed by atoms with E-state index in [-0.39, 0.29) is 24.5 Å². The van der Waals surface area contributed by atoms with E-state index in [0.717, 1.165) is 18.4 Å². The second-order valence-corrected chi connectivity index (χ2v) is 5.82. The predicted octanol–water partition coefficient (Wildman–Crippen LogP) is 1.18. The fourth-order valence-electron chi connectivity index (χ4n) is 2.89. The van der Waals surface area contributed by atoms with Crippen molar-refractivity contribution in [1.82, 2.24) is 10.2 Å². The number of benzene rings is 1. The number of aliphatic hydroxyl groups excluding tert-OH is 1. The van der Waals surface area contributed by atoms with Gasteiger partial charge in [-0.1, -0.05) is 30.3 Å². The molecule has 1 aliphatic heterocycles. The van der Waals surface area contributed by atoms with Crippen molar-refractivity contribution in [1.29, 1.82) is 0 Å². The molecule has 1 aromatic carbocycles. The molecule has 0 aliphatic carbocycles. The van der Waals surface area contributed by atoms with E-state index in [4.69, 9.17) is 0 Å². The van der Waals surface area contributed by atoms with Gasteiger partial charge in [-0.3, -0.25) is 4.79 Å². The van der Waals surface area contributed by atoms with Crippen molar-refractivity contribution in [3.05, 3.63) is 35.9 Å². The molecule has 6 heteroatoms. The van der Waals surface area contributed by atoms with Crippen LogP contribution in [-0.4, -0.2) is 54.9 Å². The number of carbonyl (C=O) groups excluding carboxylic acids is 2. The summed E-state index contributed by atoms with van der Waals surface area (Å²) >= 11 is 0. The van der Waals surface area contributed by atoms with E-state index in [1.807, 2.05) is 30.3 Å². The zero-order valence-electron chi connectivity index (χ0n) is 13.4. The maximum atomic E-state index is 12.0. The number of aliphatic hydroxyl groups is 1. The molecule has 2 N–H and O–H groups in total. The molecular formula is C17H24N2O4. The topological polar surface area (TPSA) is 78.9 Å². The molecular weight excluding hydrogens is 296 g/mol. The van der Waals surface area contributed by atoms with Crippen LogP contribution in [0.25, 0.3) is 0 Å². The zero-order chi connectivity index (χ0) is 16.7. The van der Waals surface area contributed by atoms with Gasteiger partial charge in [0.2, 0.25) is 5.91 Å². The molecule has 0 spiro atoms. The van der Waals surface area contributed by atoms with Crippen molar-refractivity contribution in [2.45, 2.75) is 25.4 Å². The minimum absolute atomic E-state index is 0.0517. The Hall–Kier alpha value is -2.08. The van der Waals surface area contributed by atoms with Crippen LogP contribution in [0, 0.1) is 5.92 Å². The van der Waals surface area contributed by atoms with Gasteiger partial charge in [0.15, 0.2) is 0 Å². The number of rotatable bonds is 5. The number of hydrogen-bond donors (Lipinski definition) is 2. The molecule has 0 bridgehead atoms. The molecule has 1 saturated heterocycles. The summed E-state index contributed by atoms with van der Waals surface area (Å²) in [5.74, 6) is 0.0826. The fourth-order valence-corrected chi connectivity index (χ4v) is 2.89. The van der Waals surface area contributed by atoms with Crippen LogP contribution in [-0.2, 0) is 16.0 Å². The van der Waals surface area contributed by atoms with E-state index < -0.39 is 6.09 Å². The summed E-state index contributed by atoms with van der Waals surface area (Å²) in [4.78, 5) is 24.7. The van der Waals surface area contributed by atoms with Gasteiger partial charge in [0, 0.05) is 13.1 Å². The predicted molar refractivity (Wildman–Crippen MR) is 85.9 cm³/mol. The highest BCUT2D eigenvalue weighted by molar-refractivity contribution is 5.82. The highest BCUT2D eigenvalue weighted by atomic mass is 16.5. The standard InChI is InChI=1S/C17H24N2O4/c1-23-17(22)18-12-16(21)19-9-7-14(8-10-19)15(20)11-13-5-3-2-4-6-13/h2-6,14-15,20H,7-12H2,1H3,(H,18,22)/t15-/m1/s1. The number of ether oxygens (including phenoxy) is 1. The number of methoxy groups -OCH3 is 1. The third-order valence-electron chi connectivity index (χ3n) is 4.29. The first-order valence-corrected chi connectivity index (χ1v) is 7.91. The second kappa shape index (κ2) is 8.53. The van der Waals surface area contributed by atoms with Gasteiger partial charge in [0.05, 0.1) is 13.2 Å². The van der Waals surface area contributed by atoms with Crippen LogP contribution < -0.4 is 5.32 Å². The van der Waals surface area contributed by atoms with Crippen LogP contribution in [0.15, 0.2) is 30.3 Å². The molecule has 126 valence electrons. The first-order valence-electron chi connectivity index (χ1n) is 7.91. The molecule has 0 radical (unpaired) electrons. The molecule has 2 amide bonds. The van der Waals surface area contributed by atoms with Crippen LogP contribution in [0.1, 0.15) is 18.4 Å². The summed E-state index contributed by atoms with van der Waals surface area (Å²) in [6, 6.07) is 9.93. The van der Waals surface area contributed by atoms with E-state index in [1.54, 1.807) is 4.90 Å². The number of amides is 2. The van der Waals surface area contributed by atoms with Gasteiger partial charge >= 0.3 is 6.09 Å². The summed E-state index contributed by atoms with van der Waals surface area (Å²) in [5.41, 5.74) is 1.13. The lowest BCUT2D eigenvalue weighted by Gasteiger charge is -2.34. The number of alkyl carbamates (subject to hydrolysis) is 1. The van der Waals surface area contributed by atoms with Crippen molar-refractivity contribution in [3.8, 4) is 0 Å². The fraction of sp³-hybridized carbons (Fsp3) is 0.529. The Morgan fingerprint density at radius 1 is 1.30 bits per heavy atom. The highest BCUT2D eigenvalue weighted by Crippen LogP contribution is 2.23. The quantitative estimate of drug-likeness (QED) is 0.854. The number of piperidine rings is 1. The maximum Gasteiger partial charge on any atom is 0.407 e. The van der Waals surface area contributed by atoms with Crippen molar-refractivity contribution in [2.75, 3.05) is 26.7 Å². The average Bonchev–Trinajstić information content (AvgIpc) is 2.60. The Balaban J connectivity index is 1.74. The Morgan fingerprint density at radius 2 is 1.96 bits per heavy atom. The number of hydrogen-bond acceptors (Lipinski definition) is 4. The van der Waals surface area contributed by atoms with Crippen LogP contribution in [0.5, 0.6) is 0 Å². The Morgan fingerprint density at radius 3 is 2.57 bits per heavy atom.